The van der Waals surface area contributed by atoms with Crippen molar-refractivity contribution in [2.45, 2.75) is 6.42 Å². The normalized spacial score (nSPS) is 11.3. The smallest absolute Gasteiger partial charge is 0.311 e. The van der Waals surface area contributed by atoms with Gasteiger partial charge in [0.05, 0.1) is 24.7 Å². The van der Waals surface area contributed by atoms with Gasteiger partial charge in [0.2, 0.25) is 0 Å². The molecule has 2 aromatic carbocycles. The molecule has 2 aromatic heterocycles. The number of para-hydroxylation sites is 1. The third kappa shape index (κ3) is 1.77. The minimum atomic E-state index is -0.265. The largest absolute Gasteiger partial charge is 0.469 e. The van der Waals surface area contributed by atoms with E-state index >= 15 is 0 Å². The van der Waals surface area contributed by atoms with Gasteiger partial charge >= 0.3 is 5.97 Å². The second kappa shape index (κ2) is 4.84. The quantitative estimate of drug-likeness (QED) is 0.420. The van der Waals surface area contributed by atoms with E-state index in [0.29, 0.717) is 0 Å². The minimum Gasteiger partial charge on any atom is -0.469 e. The van der Waals surface area contributed by atoms with E-state index in [1.807, 2.05) is 24.3 Å². The maximum absolute atomic E-state index is 11.7. The average Bonchev–Trinajstić information content (AvgIpc) is 2.99. The summed E-state index contributed by atoms with van der Waals surface area (Å²) in [6.07, 6.45) is 1.96. The van der Waals surface area contributed by atoms with Crippen LogP contribution in [0.4, 0.5) is 0 Å². The third-order valence-corrected chi connectivity index (χ3v) is 3.99. The van der Waals surface area contributed by atoms with E-state index in [0.717, 1.165) is 27.6 Å². The molecule has 0 N–H and O–H groups in total. The Kier molecular flexibility index (Phi) is 2.82. The summed E-state index contributed by atoms with van der Waals surface area (Å²) in [4.78, 5) is 16.2. The zero-order valence-electron chi connectivity index (χ0n) is 12.1. The summed E-state index contributed by atoms with van der Waals surface area (Å²) in [6.45, 7) is 0. The lowest BCUT2D eigenvalue weighted by Gasteiger charge is -2.10. The third-order valence-electron chi connectivity index (χ3n) is 3.99. The number of pyridine rings is 1. The number of aromatic nitrogens is 2. The first-order valence-electron chi connectivity index (χ1n) is 7.12. The average molecular weight is 290 g/mol. The number of carbonyl (C=O) groups excluding carboxylic acids is 1. The molecule has 4 heteroatoms. The van der Waals surface area contributed by atoms with E-state index < -0.39 is 0 Å². The molecular weight excluding hydrogens is 276 g/mol. The highest BCUT2D eigenvalue weighted by atomic mass is 16.5. The number of fused-ring (bicyclic) bond motifs is 6. The molecule has 0 radical (unpaired) electrons. The summed E-state index contributed by atoms with van der Waals surface area (Å²) in [6, 6.07) is 16.4. The molecule has 0 aliphatic rings. The van der Waals surface area contributed by atoms with Crippen LogP contribution in [0.25, 0.3) is 27.3 Å². The van der Waals surface area contributed by atoms with Crippen LogP contribution in [0.15, 0.2) is 54.7 Å². The van der Waals surface area contributed by atoms with Crippen LogP contribution in [0.5, 0.6) is 0 Å². The monoisotopic (exact) mass is 290 g/mol. The molecule has 0 spiro atoms. The Balaban J connectivity index is 2.17. The highest BCUT2D eigenvalue weighted by molar-refractivity contribution is 6.11. The van der Waals surface area contributed by atoms with Gasteiger partial charge in [0, 0.05) is 17.0 Å². The molecule has 0 unspecified atom stereocenters. The van der Waals surface area contributed by atoms with Gasteiger partial charge in [-0.05, 0) is 11.5 Å². The molecule has 0 aliphatic heterocycles. The Morgan fingerprint density at radius 2 is 1.73 bits per heavy atom. The number of ether oxygens (including phenoxy) is 1. The molecule has 0 saturated heterocycles. The molecule has 0 saturated carbocycles. The van der Waals surface area contributed by atoms with Crippen molar-refractivity contribution in [1.29, 1.82) is 0 Å². The van der Waals surface area contributed by atoms with Crippen molar-refractivity contribution < 1.29 is 9.53 Å². The number of carbonyl (C=O) groups is 1. The number of rotatable bonds is 2. The molecular formula is C18H14N2O2. The SMILES string of the molecule is COC(=O)Cc1cnc2c3ccccc3c3ccccc3n12. The lowest BCUT2D eigenvalue weighted by molar-refractivity contribution is -0.139. The standard InChI is InChI=1S/C18H14N2O2/c1-22-17(21)10-12-11-19-18-15-8-3-2-6-13(15)14-7-4-5-9-16(14)20(12)18/h2-9,11H,10H2,1H3. The molecule has 0 amide bonds. The van der Waals surface area contributed by atoms with Crippen LogP contribution in [-0.4, -0.2) is 22.5 Å². The van der Waals surface area contributed by atoms with Crippen LogP contribution < -0.4 is 0 Å². The second-order valence-corrected chi connectivity index (χ2v) is 5.22. The summed E-state index contributed by atoms with van der Waals surface area (Å²) in [5.74, 6) is -0.265. The molecule has 4 nitrogen and oxygen atoms in total. The maximum atomic E-state index is 11.7. The van der Waals surface area contributed by atoms with E-state index in [9.17, 15) is 4.79 Å². The van der Waals surface area contributed by atoms with Crippen LogP contribution >= 0.6 is 0 Å². The van der Waals surface area contributed by atoms with Gasteiger partial charge in [0.25, 0.3) is 0 Å². The fraction of sp³-hybridized carbons (Fsp3) is 0.111. The highest BCUT2D eigenvalue weighted by Gasteiger charge is 2.14. The number of methoxy groups -OCH3 is 1. The first-order chi connectivity index (χ1) is 10.8. The van der Waals surface area contributed by atoms with E-state index in [1.165, 1.54) is 12.5 Å². The van der Waals surface area contributed by atoms with E-state index in [4.69, 9.17) is 4.74 Å². The molecule has 22 heavy (non-hydrogen) atoms. The van der Waals surface area contributed by atoms with Crippen molar-refractivity contribution in [3.63, 3.8) is 0 Å². The van der Waals surface area contributed by atoms with Crippen LogP contribution in [0.1, 0.15) is 5.69 Å². The molecule has 0 atom stereocenters. The van der Waals surface area contributed by atoms with Crippen molar-refractivity contribution in [3.8, 4) is 0 Å². The van der Waals surface area contributed by atoms with E-state index in [2.05, 4.69) is 33.7 Å². The Morgan fingerprint density at radius 1 is 1.05 bits per heavy atom. The first kappa shape index (κ1) is 12.8. The predicted molar refractivity (Wildman–Crippen MR) is 85.9 cm³/mol. The first-order valence-corrected chi connectivity index (χ1v) is 7.12. The van der Waals surface area contributed by atoms with Gasteiger partial charge in [0.15, 0.2) is 0 Å². The molecule has 0 aliphatic carbocycles. The zero-order valence-corrected chi connectivity index (χ0v) is 12.1. The number of hydrogen-bond donors (Lipinski definition) is 0. The van der Waals surface area contributed by atoms with Gasteiger partial charge < -0.3 is 4.74 Å². The fourth-order valence-corrected chi connectivity index (χ4v) is 3.00. The van der Waals surface area contributed by atoms with Gasteiger partial charge in [-0.1, -0.05) is 42.5 Å². The van der Waals surface area contributed by atoms with Crippen LogP contribution in [0.2, 0.25) is 0 Å². The van der Waals surface area contributed by atoms with E-state index in [-0.39, 0.29) is 12.4 Å². The summed E-state index contributed by atoms with van der Waals surface area (Å²) in [7, 11) is 1.40. The van der Waals surface area contributed by atoms with Crippen LogP contribution in [0.3, 0.4) is 0 Å². The Labute approximate surface area is 127 Å². The number of hydrogen-bond acceptors (Lipinski definition) is 3. The van der Waals surface area contributed by atoms with Crippen molar-refractivity contribution in [3.05, 3.63) is 60.4 Å². The molecule has 0 bridgehead atoms. The van der Waals surface area contributed by atoms with Gasteiger partial charge in [-0.15, -0.1) is 0 Å². The number of esters is 1. The van der Waals surface area contributed by atoms with Gasteiger partial charge in [0.1, 0.15) is 5.65 Å². The molecule has 2 heterocycles. The number of nitrogens with zero attached hydrogens (tertiary/aromatic N) is 2. The number of imidazole rings is 1. The van der Waals surface area contributed by atoms with Crippen LogP contribution in [0, 0.1) is 0 Å². The van der Waals surface area contributed by atoms with Crippen molar-refractivity contribution in [2.75, 3.05) is 7.11 Å². The molecule has 0 fully saturated rings. The number of benzene rings is 2. The predicted octanol–water partition coefficient (Wildman–Crippen LogP) is 3.36. The zero-order chi connectivity index (χ0) is 15.1. The lowest BCUT2D eigenvalue weighted by Crippen LogP contribution is -2.07. The Bertz CT molecular complexity index is 1020. The summed E-state index contributed by atoms with van der Waals surface area (Å²) in [5.41, 5.74) is 2.75. The van der Waals surface area contributed by atoms with Gasteiger partial charge in [-0.3, -0.25) is 9.20 Å². The Morgan fingerprint density at radius 3 is 2.50 bits per heavy atom. The lowest BCUT2D eigenvalue weighted by atomic mass is 10.1. The highest BCUT2D eigenvalue weighted by Crippen LogP contribution is 2.29. The molecule has 4 rings (SSSR count). The summed E-state index contributed by atoms with van der Waals surface area (Å²) < 4.78 is 6.84. The molecule has 108 valence electrons. The van der Waals surface area contributed by atoms with Crippen LogP contribution in [-0.2, 0) is 16.0 Å². The minimum absolute atomic E-state index is 0.208. The Hall–Kier alpha value is -2.88. The van der Waals surface area contributed by atoms with Gasteiger partial charge in [-0.25, -0.2) is 4.98 Å². The summed E-state index contributed by atoms with van der Waals surface area (Å²) in [5, 5.41) is 3.40. The van der Waals surface area contributed by atoms with Crippen molar-refractivity contribution in [2.24, 2.45) is 0 Å². The molecule has 4 aromatic rings. The second-order valence-electron chi connectivity index (χ2n) is 5.22. The van der Waals surface area contributed by atoms with Crippen molar-refractivity contribution in [1.82, 2.24) is 9.38 Å². The summed E-state index contributed by atoms with van der Waals surface area (Å²) >= 11 is 0. The topological polar surface area (TPSA) is 43.6 Å². The van der Waals surface area contributed by atoms with Gasteiger partial charge in [-0.2, -0.15) is 0 Å². The van der Waals surface area contributed by atoms with E-state index in [1.54, 1.807) is 6.20 Å². The fourth-order valence-electron chi connectivity index (χ4n) is 3.00. The van der Waals surface area contributed by atoms with Crippen molar-refractivity contribution >= 4 is 33.3 Å². The maximum Gasteiger partial charge on any atom is 0.311 e.